The first kappa shape index (κ1) is 11.5. The van der Waals surface area contributed by atoms with Gasteiger partial charge in [0.1, 0.15) is 5.82 Å². The maximum atomic E-state index is 12.9. The standard InChI is InChI=1S/C12H8ClFN2O/c13-8-1-2-10(11(15)4-8)12(17)7-3-9(14)6-16-5-7/h1-6H,15H2. The number of benzene rings is 1. The molecule has 0 unspecified atom stereocenters. The van der Waals surface area contributed by atoms with E-state index in [0.29, 0.717) is 5.02 Å². The van der Waals surface area contributed by atoms with Crippen LogP contribution in [0.3, 0.4) is 0 Å². The first-order valence-electron chi connectivity index (χ1n) is 4.78. The minimum absolute atomic E-state index is 0.152. The maximum Gasteiger partial charge on any atom is 0.196 e. The second kappa shape index (κ2) is 4.51. The van der Waals surface area contributed by atoms with Gasteiger partial charge in [-0.3, -0.25) is 9.78 Å². The summed E-state index contributed by atoms with van der Waals surface area (Å²) in [5.41, 5.74) is 6.37. The number of carbonyl (C=O) groups is 1. The first-order valence-corrected chi connectivity index (χ1v) is 5.16. The van der Waals surface area contributed by atoms with Crippen molar-refractivity contribution in [3.8, 4) is 0 Å². The molecule has 1 aromatic carbocycles. The van der Waals surface area contributed by atoms with Crippen LogP contribution in [0.1, 0.15) is 15.9 Å². The number of ketones is 1. The lowest BCUT2D eigenvalue weighted by atomic mass is 10.0. The summed E-state index contributed by atoms with van der Waals surface area (Å²) in [5, 5.41) is 0.441. The quantitative estimate of drug-likeness (QED) is 0.659. The third-order valence-corrected chi connectivity index (χ3v) is 2.46. The highest BCUT2D eigenvalue weighted by atomic mass is 35.5. The largest absolute Gasteiger partial charge is 0.398 e. The summed E-state index contributed by atoms with van der Waals surface area (Å²) in [4.78, 5) is 15.6. The molecule has 0 bridgehead atoms. The third kappa shape index (κ3) is 2.42. The number of pyridine rings is 1. The molecule has 17 heavy (non-hydrogen) atoms. The molecule has 0 aliphatic carbocycles. The van der Waals surface area contributed by atoms with Gasteiger partial charge in [0.25, 0.3) is 0 Å². The van der Waals surface area contributed by atoms with Crippen molar-refractivity contribution in [1.82, 2.24) is 4.98 Å². The molecule has 2 aromatic rings. The Morgan fingerprint density at radius 2 is 2.06 bits per heavy atom. The molecule has 0 saturated heterocycles. The average molecular weight is 251 g/mol. The minimum atomic E-state index is -0.566. The van der Waals surface area contributed by atoms with Crippen LogP contribution in [-0.4, -0.2) is 10.8 Å². The fourth-order valence-corrected chi connectivity index (χ4v) is 1.61. The number of nitrogens with two attached hydrogens (primary N) is 1. The van der Waals surface area contributed by atoms with Crippen LogP contribution in [0.15, 0.2) is 36.7 Å². The number of anilines is 1. The Morgan fingerprint density at radius 3 is 2.71 bits per heavy atom. The molecule has 0 aliphatic heterocycles. The fraction of sp³-hybridized carbons (Fsp3) is 0. The van der Waals surface area contributed by atoms with E-state index in [1.807, 2.05) is 0 Å². The van der Waals surface area contributed by atoms with E-state index >= 15 is 0 Å². The van der Waals surface area contributed by atoms with Crippen molar-refractivity contribution >= 4 is 23.1 Å². The van der Waals surface area contributed by atoms with Crippen molar-refractivity contribution in [2.75, 3.05) is 5.73 Å². The normalized spacial score (nSPS) is 10.2. The molecule has 0 aliphatic rings. The number of hydrogen-bond donors (Lipinski definition) is 1. The molecule has 2 rings (SSSR count). The van der Waals surface area contributed by atoms with Gasteiger partial charge in [-0.25, -0.2) is 4.39 Å². The summed E-state index contributed by atoms with van der Waals surface area (Å²) in [6.45, 7) is 0. The Labute approximate surface area is 102 Å². The Hall–Kier alpha value is -1.94. The molecular weight excluding hydrogens is 243 g/mol. The molecule has 3 nitrogen and oxygen atoms in total. The lowest BCUT2D eigenvalue weighted by Gasteiger charge is -2.05. The van der Waals surface area contributed by atoms with Crippen molar-refractivity contribution in [1.29, 1.82) is 0 Å². The zero-order valence-corrected chi connectivity index (χ0v) is 9.41. The van der Waals surface area contributed by atoms with E-state index in [-0.39, 0.29) is 22.6 Å². The molecule has 0 radical (unpaired) electrons. The molecular formula is C12H8ClFN2O. The summed E-state index contributed by atoms with van der Waals surface area (Å²) >= 11 is 5.73. The highest BCUT2D eigenvalue weighted by Gasteiger charge is 2.13. The fourth-order valence-electron chi connectivity index (χ4n) is 1.43. The second-order valence-electron chi connectivity index (χ2n) is 3.45. The van der Waals surface area contributed by atoms with Crippen LogP contribution >= 0.6 is 11.6 Å². The number of hydrogen-bond acceptors (Lipinski definition) is 3. The molecule has 86 valence electrons. The van der Waals surface area contributed by atoms with Gasteiger partial charge in [-0.1, -0.05) is 11.6 Å². The molecule has 5 heteroatoms. The van der Waals surface area contributed by atoms with Crippen LogP contribution in [-0.2, 0) is 0 Å². The predicted molar refractivity (Wildman–Crippen MR) is 63.5 cm³/mol. The molecule has 0 atom stereocenters. The maximum absolute atomic E-state index is 12.9. The third-order valence-electron chi connectivity index (χ3n) is 2.23. The summed E-state index contributed by atoms with van der Waals surface area (Å²) in [5.74, 6) is -0.949. The van der Waals surface area contributed by atoms with E-state index in [2.05, 4.69) is 4.98 Å². The SMILES string of the molecule is Nc1cc(Cl)ccc1C(=O)c1cncc(F)c1. The molecule has 1 aromatic heterocycles. The highest BCUT2D eigenvalue weighted by molar-refractivity contribution is 6.31. The van der Waals surface area contributed by atoms with Crippen LogP contribution < -0.4 is 5.73 Å². The van der Waals surface area contributed by atoms with Crippen LogP contribution in [0.4, 0.5) is 10.1 Å². The van der Waals surface area contributed by atoms with Gasteiger partial charge in [-0.2, -0.15) is 0 Å². The molecule has 0 saturated carbocycles. The van der Waals surface area contributed by atoms with Crippen LogP contribution in [0.25, 0.3) is 0 Å². The Kier molecular flexibility index (Phi) is 3.06. The van der Waals surface area contributed by atoms with Gasteiger partial charge in [0.2, 0.25) is 0 Å². The number of nitrogen functional groups attached to an aromatic ring is 1. The summed E-state index contributed by atoms with van der Waals surface area (Å²) in [7, 11) is 0. The van der Waals surface area contributed by atoms with E-state index in [1.165, 1.54) is 18.3 Å². The monoisotopic (exact) mass is 250 g/mol. The van der Waals surface area contributed by atoms with Gasteiger partial charge >= 0.3 is 0 Å². The van der Waals surface area contributed by atoms with E-state index in [1.54, 1.807) is 6.07 Å². The van der Waals surface area contributed by atoms with Gasteiger partial charge in [-0.05, 0) is 24.3 Å². The number of rotatable bonds is 2. The smallest absolute Gasteiger partial charge is 0.196 e. The number of halogens is 2. The highest BCUT2D eigenvalue weighted by Crippen LogP contribution is 2.20. The number of nitrogens with zero attached hydrogens (tertiary/aromatic N) is 1. The van der Waals surface area contributed by atoms with Crippen molar-refractivity contribution in [3.05, 3.63) is 58.6 Å². The van der Waals surface area contributed by atoms with Crippen LogP contribution in [0, 0.1) is 5.82 Å². The van der Waals surface area contributed by atoms with Crippen molar-refractivity contribution in [3.63, 3.8) is 0 Å². The van der Waals surface area contributed by atoms with Crippen LogP contribution in [0.5, 0.6) is 0 Å². The second-order valence-corrected chi connectivity index (χ2v) is 3.89. The van der Waals surface area contributed by atoms with Gasteiger partial charge in [-0.15, -0.1) is 0 Å². The Bertz CT molecular complexity index is 586. The zero-order chi connectivity index (χ0) is 12.4. The minimum Gasteiger partial charge on any atom is -0.398 e. The van der Waals surface area contributed by atoms with Crippen molar-refractivity contribution in [2.45, 2.75) is 0 Å². The van der Waals surface area contributed by atoms with Gasteiger partial charge in [0.15, 0.2) is 5.78 Å². The summed E-state index contributed by atoms with van der Waals surface area (Å²) < 4.78 is 12.9. The van der Waals surface area contributed by atoms with Gasteiger partial charge in [0, 0.05) is 28.0 Å². The molecule has 1 heterocycles. The van der Waals surface area contributed by atoms with E-state index in [0.717, 1.165) is 12.3 Å². The lowest BCUT2D eigenvalue weighted by molar-refractivity contribution is 0.103. The summed E-state index contributed by atoms with van der Waals surface area (Å²) in [6, 6.07) is 5.65. The Balaban J connectivity index is 2.44. The molecule has 0 fully saturated rings. The summed E-state index contributed by atoms with van der Waals surface area (Å²) in [6.07, 6.45) is 2.32. The zero-order valence-electron chi connectivity index (χ0n) is 8.65. The molecule has 0 amide bonds. The van der Waals surface area contributed by atoms with Crippen molar-refractivity contribution < 1.29 is 9.18 Å². The van der Waals surface area contributed by atoms with Crippen LogP contribution in [0.2, 0.25) is 5.02 Å². The first-order chi connectivity index (χ1) is 8.08. The van der Waals surface area contributed by atoms with E-state index < -0.39 is 5.82 Å². The van der Waals surface area contributed by atoms with E-state index in [9.17, 15) is 9.18 Å². The Morgan fingerprint density at radius 1 is 1.29 bits per heavy atom. The van der Waals surface area contributed by atoms with Crippen molar-refractivity contribution in [2.24, 2.45) is 0 Å². The number of carbonyl (C=O) groups excluding carboxylic acids is 1. The topological polar surface area (TPSA) is 56.0 Å². The van der Waals surface area contributed by atoms with E-state index in [4.69, 9.17) is 17.3 Å². The molecule has 2 N–H and O–H groups in total. The predicted octanol–water partition coefficient (Wildman–Crippen LogP) is 2.69. The van der Waals surface area contributed by atoms with Gasteiger partial charge in [0.05, 0.1) is 6.20 Å². The lowest BCUT2D eigenvalue weighted by Crippen LogP contribution is -2.06. The average Bonchev–Trinajstić information content (AvgIpc) is 2.28. The number of aromatic nitrogens is 1. The van der Waals surface area contributed by atoms with Gasteiger partial charge < -0.3 is 5.73 Å². The molecule has 0 spiro atoms.